The van der Waals surface area contributed by atoms with E-state index in [0.717, 1.165) is 5.56 Å². The highest BCUT2D eigenvalue weighted by Crippen LogP contribution is 2.49. The van der Waals surface area contributed by atoms with Crippen LogP contribution in [0, 0.1) is 5.41 Å². The van der Waals surface area contributed by atoms with Gasteiger partial charge in [0.1, 0.15) is 5.41 Å². The topological polar surface area (TPSA) is 40.6 Å². The number of rotatable bonds is 7. The van der Waals surface area contributed by atoms with E-state index in [1.54, 1.807) is 4.90 Å². The van der Waals surface area contributed by atoms with Gasteiger partial charge in [0.2, 0.25) is 11.8 Å². The molecule has 0 N–H and O–H groups in total. The maximum Gasteiger partial charge on any atom is 0.238 e. The minimum Gasteiger partial charge on any atom is -0.342 e. The van der Waals surface area contributed by atoms with E-state index < -0.39 is 5.41 Å². The fourth-order valence-electron chi connectivity index (χ4n) is 3.00. The van der Waals surface area contributed by atoms with Crippen LogP contribution < -0.4 is 0 Å². The van der Waals surface area contributed by atoms with E-state index in [-0.39, 0.29) is 17.9 Å². The molecule has 2 amide bonds. The van der Waals surface area contributed by atoms with Crippen molar-refractivity contribution in [2.24, 2.45) is 5.41 Å². The standard InChI is InChI=1S/C19H28N2O2/c1-5-20(6-2)17(22)19(12-13-19)18(23)21(15(3)4)14-16-10-8-7-9-11-16/h7-11,15H,5-6,12-14H2,1-4H3. The summed E-state index contributed by atoms with van der Waals surface area (Å²) >= 11 is 0. The van der Waals surface area contributed by atoms with Crippen molar-refractivity contribution < 1.29 is 9.59 Å². The Morgan fingerprint density at radius 1 is 1.04 bits per heavy atom. The summed E-state index contributed by atoms with van der Waals surface area (Å²) in [4.78, 5) is 29.6. The summed E-state index contributed by atoms with van der Waals surface area (Å²) in [5, 5.41) is 0. The Morgan fingerprint density at radius 3 is 2.04 bits per heavy atom. The lowest BCUT2D eigenvalue weighted by molar-refractivity contribution is -0.150. The van der Waals surface area contributed by atoms with Crippen molar-refractivity contribution in [1.82, 2.24) is 9.80 Å². The normalized spacial score (nSPS) is 15.3. The summed E-state index contributed by atoms with van der Waals surface area (Å²) in [5.41, 5.74) is 0.297. The molecule has 0 heterocycles. The minimum absolute atomic E-state index is 0.00575. The molecule has 0 atom stereocenters. The molecule has 0 bridgehead atoms. The lowest BCUT2D eigenvalue weighted by atomic mass is 10.0. The van der Waals surface area contributed by atoms with E-state index in [9.17, 15) is 9.59 Å². The van der Waals surface area contributed by atoms with Gasteiger partial charge in [0, 0.05) is 25.7 Å². The van der Waals surface area contributed by atoms with Crippen LogP contribution in [0.1, 0.15) is 46.1 Å². The highest BCUT2D eigenvalue weighted by Gasteiger charge is 2.59. The molecule has 1 aromatic carbocycles. The van der Waals surface area contributed by atoms with Crippen LogP contribution in [0.4, 0.5) is 0 Å². The molecule has 0 radical (unpaired) electrons. The number of carbonyl (C=O) groups is 2. The molecule has 0 aromatic heterocycles. The zero-order chi connectivity index (χ0) is 17.0. The predicted molar refractivity (Wildman–Crippen MR) is 91.7 cm³/mol. The Labute approximate surface area is 139 Å². The summed E-state index contributed by atoms with van der Waals surface area (Å²) in [7, 11) is 0. The van der Waals surface area contributed by atoms with Crippen molar-refractivity contribution in [2.45, 2.75) is 53.1 Å². The average Bonchev–Trinajstić information content (AvgIpc) is 3.35. The van der Waals surface area contributed by atoms with Gasteiger partial charge in [0.25, 0.3) is 0 Å². The number of hydrogen-bond donors (Lipinski definition) is 0. The lowest BCUT2D eigenvalue weighted by Crippen LogP contribution is -2.48. The summed E-state index contributed by atoms with van der Waals surface area (Å²) in [6, 6.07) is 10.0. The molecule has 4 heteroatoms. The van der Waals surface area contributed by atoms with E-state index in [2.05, 4.69) is 0 Å². The van der Waals surface area contributed by atoms with Crippen molar-refractivity contribution in [2.75, 3.05) is 13.1 Å². The van der Waals surface area contributed by atoms with Gasteiger partial charge in [-0.15, -0.1) is 0 Å². The first-order valence-corrected chi connectivity index (χ1v) is 8.60. The van der Waals surface area contributed by atoms with Crippen molar-refractivity contribution in [3.8, 4) is 0 Å². The Kier molecular flexibility index (Phi) is 5.45. The number of benzene rings is 1. The van der Waals surface area contributed by atoms with Crippen LogP contribution in [0.25, 0.3) is 0 Å². The predicted octanol–water partition coefficient (Wildman–Crippen LogP) is 3.07. The molecule has 1 aliphatic rings. The van der Waals surface area contributed by atoms with Crippen LogP contribution in [0.2, 0.25) is 0 Å². The van der Waals surface area contributed by atoms with E-state index in [0.29, 0.717) is 32.5 Å². The molecule has 4 nitrogen and oxygen atoms in total. The van der Waals surface area contributed by atoms with Gasteiger partial charge in [-0.2, -0.15) is 0 Å². The molecule has 0 aliphatic heterocycles. The van der Waals surface area contributed by atoms with E-state index in [4.69, 9.17) is 0 Å². The van der Waals surface area contributed by atoms with Crippen molar-refractivity contribution in [3.63, 3.8) is 0 Å². The summed E-state index contributed by atoms with van der Waals surface area (Å²) in [5.74, 6) is -0.000496. The maximum absolute atomic E-state index is 13.1. The van der Waals surface area contributed by atoms with Crippen LogP contribution >= 0.6 is 0 Å². The first kappa shape index (κ1) is 17.5. The van der Waals surface area contributed by atoms with Crippen molar-refractivity contribution in [3.05, 3.63) is 35.9 Å². The Bertz CT molecular complexity index is 546. The van der Waals surface area contributed by atoms with E-state index in [1.165, 1.54) is 0 Å². The molecule has 1 aromatic rings. The van der Waals surface area contributed by atoms with Crippen molar-refractivity contribution in [1.29, 1.82) is 0 Å². The van der Waals surface area contributed by atoms with Gasteiger partial charge in [-0.05, 0) is 46.1 Å². The lowest BCUT2D eigenvalue weighted by Gasteiger charge is -2.32. The van der Waals surface area contributed by atoms with Gasteiger partial charge >= 0.3 is 0 Å². The van der Waals surface area contributed by atoms with Gasteiger partial charge < -0.3 is 9.80 Å². The molecule has 0 unspecified atom stereocenters. The molecule has 0 spiro atoms. The molecule has 126 valence electrons. The molecule has 2 rings (SSSR count). The molecule has 23 heavy (non-hydrogen) atoms. The van der Waals surface area contributed by atoms with Crippen molar-refractivity contribution >= 4 is 11.8 Å². The SMILES string of the molecule is CCN(CC)C(=O)C1(C(=O)N(Cc2ccccc2)C(C)C)CC1. The third-order valence-electron chi connectivity index (χ3n) is 4.70. The molecule has 1 saturated carbocycles. The molecule has 0 saturated heterocycles. The molecular weight excluding hydrogens is 288 g/mol. The van der Waals surface area contributed by atoms with Gasteiger partial charge in [0.05, 0.1) is 0 Å². The Balaban J connectivity index is 2.19. The largest absolute Gasteiger partial charge is 0.342 e. The fourth-order valence-corrected chi connectivity index (χ4v) is 3.00. The summed E-state index contributed by atoms with van der Waals surface area (Å²) in [6.07, 6.45) is 1.36. The molecule has 1 fully saturated rings. The zero-order valence-corrected chi connectivity index (χ0v) is 14.7. The van der Waals surface area contributed by atoms with E-state index >= 15 is 0 Å². The van der Waals surface area contributed by atoms with Crippen LogP contribution in [0.5, 0.6) is 0 Å². The third-order valence-corrected chi connectivity index (χ3v) is 4.70. The number of hydrogen-bond acceptors (Lipinski definition) is 2. The van der Waals surface area contributed by atoms with Crippen LogP contribution in [-0.2, 0) is 16.1 Å². The zero-order valence-electron chi connectivity index (χ0n) is 14.7. The van der Waals surface area contributed by atoms with Gasteiger partial charge in [-0.3, -0.25) is 9.59 Å². The molecular formula is C19H28N2O2. The second-order valence-corrected chi connectivity index (χ2v) is 6.57. The second kappa shape index (κ2) is 7.16. The third kappa shape index (κ3) is 3.57. The highest BCUT2D eigenvalue weighted by molar-refractivity contribution is 6.07. The maximum atomic E-state index is 13.1. The first-order chi connectivity index (χ1) is 11.0. The highest BCUT2D eigenvalue weighted by atomic mass is 16.2. The Hall–Kier alpha value is -1.84. The summed E-state index contributed by atoms with van der Waals surface area (Å²) in [6.45, 7) is 9.83. The molecule has 1 aliphatic carbocycles. The number of amides is 2. The average molecular weight is 316 g/mol. The monoisotopic (exact) mass is 316 g/mol. The second-order valence-electron chi connectivity index (χ2n) is 6.57. The van der Waals surface area contributed by atoms with Crippen LogP contribution in [0.15, 0.2) is 30.3 Å². The van der Waals surface area contributed by atoms with Crippen LogP contribution in [-0.4, -0.2) is 40.7 Å². The van der Waals surface area contributed by atoms with Gasteiger partial charge in [-0.1, -0.05) is 30.3 Å². The quantitative estimate of drug-likeness (QED) is 0.725. The Morgan fingerprint density at radius 2 is 1.61 bits per heavy atom. The first-order valence-electron chi connectivity index (χ1n) is 8.60. The smallest absolute Gasteiger partial charge is 0.238 e. The number of nitrogens with zero attached hydrogens (tertiary/aromatic N) is 2. The summed E-state index contributed by atoms with van der Waals surface area (Å²) < 4.78 is 0. The van der Waals surface area contributed by atoms with E-state index in [1.807, 2.05) is 62.9 Å². The van der Waals surface area contributed by atoms with Gasteiger partial charge in [0.15, 0.2) is 0 Å². The fraction of sp³-hybridized carbons (Fsp3) is 0.579. The van der Waals surface area contributed by atoms with Gasteiger partial charge in [-0.25, -0.2) is 0 Å². The number of carbonyl (C=O) groups excluding carboxylic acids is 2. The minimum atomic E-state index is -0.801. The van der Waals surface area contributed by atoms with Crippen LogP contribution in [0.3, 0.4) is 0 Å².